The van der Waals surface area contributed by atoms with E-state index in [1.165, 1.54) is 6.42 Å². The minimum atomic E-state index is -0.915. The normalized spacial score (nSPS) is 17.8. The molecule has 0 bridgehead atoms. The first kappa shape index (κ1) is 16.0. The van der Waals surface area contributed by atoms with Crippen molar-refractivity contribution in [3.63, 3.8) is 0 Å². The molecule has 2 rings (SSSR count). The van der Waals surface area contributed by atoms with E-state index in [4.69, 9.17) is 9.47 Å². The molecule has 0 aliphatic heterocycles. The summed E-state index contributed by atoms with van der Waals surface area (Å²) in [4.78, 5) is 12.6. The highest BCUT2D eigenvalue weighted by atomic mass is 16.5. The zero-order valence-electron chi connectivity index (χ0n) is 12.9. The fourth-order valence-electron chi connectivity index (χ4n) is 2.54. The molecule has 1 N–H and O–H groups in total. The molecular weight excluding hydrogens is 266 g/mol. The maximum absolute atomic E-state index is 12.6. The molecule has 0 spiro atoms. The largest absolute Gasteiger partial charge is 0.464 e. The van der Waals surface area contributed by atoms with E-state index < -0.39 is 5.54 Å². The number of benzene rings is 1. The van der Waals surface area contributed by atoms with Crippen molar-refractivity contribution in [3.05, 3.63) is 35.9 Å². The van der Waals surface area contributed by atoms with Gasteiger partial charge in [-0.25, -0.2) is 4.79 Å². The quantitative estimate of drug-likeness (QED) is 0.748. The molecule has 0 radical (unpaired) electrons. The molecule has 1 aliphatic carbocycles. The predicted octanol–water partition coefficient (Wildman–Crippen LogP) is 2.62. The Labute approximate surface area is 126 Å². The summed E-state index contributed by atoms with van der Waals surface area (Å²) in [7, 11) is 0. The van der Waals surface area contributed by atoms with Crippen LogP contribution in [0.2, 0.25) is 0 Å². The lowest BCUT2D eigenvalue weighted by atomic mass is 9.89. The molecule has 4 heteroatoms. The highest BCUT2D eigenvalue weighted by Crippen LogP contribution is 2.28. The molecule has 1 aromatic rings. The van der Waals surface area contributed by atoms with Crippen LogP contribution in [0.5, 0.6) is 0 Å². The second-order valence-corrected chi connectivity index (χ2v) is 5.39. The van der Waals surface area contributed by atoms with Crippen molar-refractivity contribution in [2.75, 3.05) is 19.8 Å². The zero-order valence-corrected chi connectivity index (χ0v) is 12.9. The van der Waals surface area contributed by atoms with Gasteiger partial charge < -0.3 is 9.47 Å². The van der Waals surface area contributed by atoms with Crippen molar-refractivity contribution in [1.82, 2.24) is 5.32 Å². The number of rotatable bonds is 8. The van der Waals surface area contributed by atoms with E-state index in [0.29, 0.717) is 19.8 Å². The van der Waals surface area contributed by atoms with Gasteiger partial charge in [-0.15, -0.1) is 0 Å². The maximum Gasteiger partial charge on any atom is 0.333 e. The Morgan fingerprint density at radius 2 is 2.00 bits per heavy atom. The molecule has 1 saturated carbocycles. The van der Waals surface area contributed by atoms with Gasteiger partial charge in [-0.3, -0.25) is 5.32 Å². The monoisotopic (exact) mass is 291 g/mol. The Hall–Kier alpha value is -1.39. The molecule has 116 valence electrons. The average molecular weight is 291 g/mol. The minimum Gasteiger partial charge on any atom is -0.464 e. The summed E-state index contributed by atoms with van der Waals surface area (Å²) >= 11 is 0. The zero-order chi connectivity index (χ0) is 15.1. The van der Waals surface area contributed by atoms with Gasteiger partial charge in [0.2, 0.25) is 0 Å². The predicted molar refractivity (Wildman–Crippen MR) is 82.0 cm³/mol. The van der Waals surface area contributed by atoms with E-state index in [0.717, 1.165) is 18.4 Å². The van der Waals surface area contributed by atoms with Crippen LogP contribution in [0.1, 0.15) is 38.7 Å². The Balaban J connectivity index is 2.25. The number of nitrogens with one attached hydrogen (secondary N) is 1. The molecule has 1 fully saturated rings. The average Bonchev–Trinajstić information content (AvgIpc) is 2.45. The Kier molecular flexibility index (Phi) is 5.76. The van der Waals surface area contributed by atoms with E-state index in [2.05, 4.69) is 5.32 Å². The van der Waals surface area contributed by atoms with Crippen molar-refractivity contribution in [2.24, 2.45) is 0 Å². The number of carbonyl (C=O) groups excluding carboxylic acids is 1. The Bertz CT molecular complexity index is 445. The molecule has 0 amide bonds. The number of hydrogen-bond donors (Lipinski definition) is 1. The van der Waals surface area contributed by atoms with Crippen LogP contribution >= 0.6 is 0 Å². The molecular formula is C17H25NO3. The van der Waals surface area contributed by atoms with E-state index in [9.17, 15) is 4.79 Å². The van der Waals surface area contributed by atoms with Gasteiger partial charge in [-0.2, -0.15) is 0 Å². The van der Waals surface area contributed by atoms with Crippen LogP contribution in [0.15, 0.2) is 30.3 Å². The molecule has 0 heterocycles. The molecule has 1 unspecified atom stereocenters. The van der Waals surface area contributed by atoms with Gasteiger partial charge >= 0.3 is 5.97 Å². The first-order valence-electron chi connectivity index (χ1n) is 7.82. The molecule has 1 atom stereocenters. The van der Waals surface area contributed by atoms with Crippen LogP contribution in [-0.4, -0.2) is 31.8 Å². The molecule has 21 heavy (non-hydrogen) atoms. The van der Waals surface area contributed by atoms with Crippen molar-refractivity contribution < 1.29 is 14.3 Å². The van der Waals surface area contributed by atoms with Crippen LogP contribution in [0.4, 0.5) is 0 Å². The number of carbonyl (C=O) groups is 1. The summed E-state index contributed by atoms with van der Waals surface area (Å²) in [6.45, 7) is 5.16. The van der Waals surface area contributed by atoms with Crippen molar-refractivity contribution in [2.45, 2.75) is 44.8 Å². The number of likely N-dealkylation sites (N-methyl/N-ethyl adjacent to an activating group) is 1. The van der Waals surface area contributed by atoms with Crippen molar-refractivity contribution in [1.29, 1.82) is 0 Å². The topological polar surface area (TPSA) is 47.6 Å². The fourth-order valence-corrected chi connectivity index (χ4v) is 2.54. The first-order chi connectivity index (χ1) is 10.2. The van der Waals surface area contributed by atoms with Crippen LogP contribution < -0.4 is 5.32 Å². The highest BCUT2D eigenvalue weighted by molar-refractivity contribution is 5.83. The van der Waals surface area contributed by atoms with Crippen LogP contribution in [0, 0.1) is 0 Å². The van der Waals surface area contributed by atoms with Crippen molar-refractivity contribution >= 4 is 5.97 Å². The molecule has 0 aromatic heterocycles. The maximum atomic E-state index is 12.6. The lowest BCUT2D eigenvalue weighted by Crippen LogP contribution is -2.54. The standard InChI is InChI=1S/C17H25NO3/c1-3-18-17(16(19)20-4-2,13-21-15-11-8-12-15)14-9-6-5-7-10-14/h5-7,9-10,15,18H,3-4,8,11-13H2,1-2H3. The van der Waals surface area contributed by atoms with E-state index >= 15 is 0 Å². The van der Waals surface area contributed by atoms with Gasteiger partial charge in [-0.05, 0) is 38.3 Å². The van der Waals surface area contributed by atoms with Crippen LogP contribution in [-0.2, 0) is 19.8 Å². The Morgan fingerprint density at radius 1 is 1.29 bits per heavy atom. The second-order valence-electron chi connectivity index (χ2n) is 5.39. The van der Waals surface area contributed by atoms with Crippen LogP contribution in [0.3, 0.4) is 0 Å². The van der Waals surface area contributed by atoms with E-state index in [1.54, 1.807) is 0 Å². The van der Waals surface area contributed by atoms with Gasteiger partial charge in [0.25, 0.3) is 0 Å². The second kappa shape index (κ2) is 7.57. The summed E-state index contributed by atoms with van der Waals surface area (Å²) in [6.07, 6.45) is 3.66. The minimum absolute atomic E-state index is 0.266. The Morgan fingerprint density at radius 3 is 2.52 bits per heavy atom. The number of ether oxygens (including phenoxy) is 2. The van der Waals surface area contributed by atoms with E-state index in [-0.39, 0.29) is 12.1 Å². The molecule has 1 aromatic carbocycles. The smallest absolute Gasteiger partial charge is 0.333 e. The van der Waals surface area contributed by atoms with Crippen molar-refractivity contribution in [3.8, 4) is 0 Å². The summed E-state index contributed by atoms with van der Waals surface area (Å²) in [5, 5.41) is 3.30. The lowest BCUT2D eigenvalue weighted by molar-refractivity contribution is -0.157. The lowest BCUT2D eigenvalue weighted by Gasteiger charge is -2.35. The molecule has 0 saturated heterocycles. The molecule has 1 aliphatic rings. The third kappa shape index (κ3) is 3.63. The third-order valence-electron chi connectivity index (χ3n) is 3.96. The highest BCUT2D eigenvalue weighted by Gasteiger charge is 2.42. The van der Waals surface area contributed by atoms with Gasteiger partial charge in [0.15, 0.2) is 5.54 Å². The fraction of sp³-hybridized carbons (Fsp3) is 0.588. The van der Waals surface area contributed by atoms with Gasteiger partial charge in [0.1, 0.15) is 0 Å². The first-order valence-corrected chi connectivity index (χ1v) is 7.82. The number of hydrogen-bond acceptors (Lipinski definition) is 4. The summed E-state index contributed by atoms with van der Waals surface area (Å²) in [5.74, 6) is -0.266. The summed E-state index contributed by atoms with van der Waals surface area (Å²) < 4.78 is 11.3. The third-order valence-corrected chi connectivity index (χ3v) is 3.96. The van der Waals surface area contributed by atoms with E-state index in [1.807, 2.05) is 44.2 Å². The molecule has 4 nitrogen and oxygen atoms in total. The van der Waals surface area contributed by atoms with Crippen LogP contribution in [0.25, 0.3) is 0 Å². The van der Waals surface area contributed by atoms with Gasteiger partial charge in [-0.1, -0.05) is 37.3 Å². The summed E-state index contributed by atoms with van der Waals surface area (Å²) in [5.41, 5.74) is -0.0219. The SMILES string of the molecule is CCNC(COC1CCC1)(C(=O)OCC)c1ccccc1. The summed E-state index contributed by atoms with van der Waals surface area (Å²) in [6, 6.07) is 9.71. The van der Waals surface area contributed by atoms with Gasteiger partial charge in [0, 0.05) is 0 Å². The van der Waals surface area contributed by atoms with Gasteiger partial charge in [0.05, 0.1) is 19.3 Å². The number of esters is 1.